The van der Waals surface area contributed by atoms with Crippen LogP contribution in [-0.2, 0) is 0 Å². The summed E-state index contributed by atoms with van der Waals surface area (Å²) < 4.78 is 0. The van der Waals surface area contributed by atoms with Gasteiger partial charge in [-0.3, -0.25) is 0 Å². The molecular weight excluding hydrogens is 144 g/mol. The van der Waals surface area contributed by atoms with Crippen LogP contribution in [0, 0.1) is 5.41 Å². The lowest BCUT2D eigenvalue weighted by molar-refractivity contribution is 0.363. The highest BCUT2D eigenvalue weighted by Crippen LogP contribution is 2.20. The van der Waals surface area contributed by atoms with Crippen molar-refractivity contribution in [2.75, 3.05) is 0 Å². The van der Waals surface area contributed by atoms with E-state index in [1.54, 1.807) is 0 Å². The second kappa shape index (κ2) is 9.09. The predicted molar refractivity (Wildman–Crippen MR) is 59.6 cm³/mol. The van der Waals surface area contributed by atoms with E-state index in [0.717, 1.165) is 0 Å². The summed E-state index contributed by atoms with van der Waals surface area (Å²) in [7, 11) is 0. The van der Waals surface area contributed by atoms with Crippen molar-refractivity contribution in [3.05, 3.63) is 0 Å². The Labute approximate surface area is 79.8 Å². The molecule has 0 fully saturated rings. The molecule has 0 rings (SSSR count). The maximum atomic E-state index is 2.29. The predicted octanol–water partition coefficient (Wildman–Crippen LogP) is 5.03. The summed E-state index contributed by atoms with van der Waals surface area (Å²) in [5, 5.41) is 0. The van der Waals surface area contributed by atoms with Crippen LogP contribution in [0.25, 0.3) is 0 Å². The van der Waals surface area contributed by atoms with E-state index in [1.807, 2.05) is 0 Å². The van der Waals surface area contributed by atoms with Crippen molar-refractivity contribution in [3.63, 3.8) is 0 Å². The minimum absolute atomic E-state index is 0.552. The normalized spacial score (nSPS) is 10.5. The van der Waals surface area contributed by atoms with Gasteiger partial charge in [0.1, 0.15) is 0 Å². The van der Waals surface area contributed by atoms with Crippen LogP contribution in [-0.4, -0.2) is 0 Å². The first kappa shape index (κ1) is 14.5. The van der Waals surface area contributed by atoms with E-state index >= 15 is 0 Å². The van der Waals surface area contributed by atoms with E-state index in [9.17, 15) is 0 Å². The monoisotopic (exact) mass is 172 g/mol. The summed E-state index contributed by atoms with van der Waals surface area (Å²) in [6.07, 6.45) is 6.71. The number of unbranched alkanes of at least 4 members (excludes halogenated alkanes) is 2. The molecule has 0 bridgehead atoms. The highest BCUT2D eigenvalue weighted by molar-refractivity contribution is 4.59. The summed E-state index contributed by atoms with van der Waals surface area (Å²) in [6, 6.07) is 0. The van der Waals surface area contributed by atoms with Crippen LogP contribution < -0.4 is 0 Å². The van der Waals surface area contributed by atoms with E-state index in [0.29, 0.717) is 5.41 Å². The Morgan fingerprint density at radius 2 is 1.17 bits per heavy atom. The third-order valence-corrected chi connectivity index (χ3v) is 1.78. The molecule has 0 aromatic heterocycles. The summed E-state index contributed by atoms with van der Waals surface area (Å²) in [5.41, 5.74) is 0.552. The summed E-state index contributed by atoms with van der Waals surface area (Å²) in [4.78, 5) is 0. The largest absolute Gasteiger partial charge is 0.0654 e. The Kier molecular flexibility index (Phi) is 11.0. The third kappa shape index (κ3) is 22.5. The molecule has 0 N–H and O–H groups in total. The molecule has 0 nitrogen and oxygen atoms in total. The fourth-order valence-electron chi connectivity index (χ4n) is 0.707. The molecule has 76 valence electrons. The van der Waals surface area contributed by atoms with Gasteiger partial charge in [-0.15, -0.1) is 0 Å². The molecule has 0 heteroatoms. The summed E-state index contributed by atoms with van der Waals surface area (Å²) >= 11 is 0. The molecule has 0 aliphatic carbocycles. The van der Waals surface area contributed by atoms with E-state index in [-0.39, 0.29) is 0 Å². The minimum Gasteiger partial charge on any atom is -0.0654 e. The maximum absolute atomic E-state index is 2.29. The Bertz CT molecular complexity index is 64.6. The van der Waals surface area contributed by atoms with Crippen molar-refractivity contribution in [1.29, 1.82) is 0 Å². The molecule has 0 aromatic rings. The van der Waals surface area contributed by atoms with Gasteiger partial charge in [-0.2, -0.15) is 0 Å². The molecule has 0 aliphatic rings. The highest BCUT2D eigenvalue weighted by atomic mass is 14.1. The van der Waals surface area contributed by atoms with Gasteiger partial charge < -0.3 is 0 Å². The average Bonchev–Trinajstić information content (AvgIpc) is 2.00. The van der Waals surface area contributed by atoms with Gasteiger partial charge in [0.15, 0.2) is 0 Å². The van der Waals surface area contributed by atoms with Gasteiger partial charge in [0.25, 0.3) is 0 Å². The zero-order chi connectivity index (χ0) is 10.0. The van der Waals surface area contributed by atoms with Crippen molar-refractivity contribution in [3.8, 4) is 0 Å². The number of hydrogen-bond acceptors (Lipinski definition) is 0. The molecule has 0 aliphatic heterocycles. The van der Waals surface area contributed by atoms with Crippen molar-refractivity contribution >= 4 is 0 Å². The lowest BCUT2D eigenvalue weighted by Gasteiger charge is -2.16. The Morgan fingerprint density at radius 1 is 0.750 bits per heavy atom. The lowest BCUT2D eigenvalue weighted by Crippen LogP contribution is -2.03. The molecule has 0 spiro atoms. The van der Waals surface area contributed by atoms with E-state index in [4.69, 9.17) is 0 Å². The van der Waals surface area contributed by atoms with Gasteiger partial charge in [-0.25, -0.2) is 0 Å². The first-order valence-corrected chi connectivity index (χ1v) is 5.47. The van der Waals surface area contributed by atoms with Gasteiger partial charge in [-0.1, -0.05) is 67.2 Å². The third-order valence-electron chi connectivity index (χ3n) is 1.78. The average molecular weight is 172 g/mol. The van der Waals surface area contributed by atoms with Gasteiger partial charge >= 0.3 is 0 Å². The van der Waals surface area contributed by atoms with E-state index in [1.165, 1.54) is 32.1 Å². The van der Waals surface area contributed by atoms with Crippen molar-refractivity contribution < 1.29 is 0 Å². The van der Waals surface area contributed by atoms with Crippen LogP contribution >= 0.6 is 0 Å². The fourth-order valence-corrected chi connectivity index (χ4v) is 0.707. The van der Waals surface area contributed by atoms with Crippen LogP contribution in [0.1, 0.15) is 73.6 Å². The van der Waals surface area contributed by atoms with Crippen LogP contribution in [0.3, 0.4) is 0 Å². The first-order valence-electron chi connectivity index (χ1n) is 5.47. The molecule has 0 radical (unpaired) electrons. The van der Waals surface area contributed by atoms with Crippen molar-refractivity contribution in [2.24, 2.45) is 5.41 Å². The van der Waals surface area contributed by atoms with Crippen LogP contribution in [0.15, 0.2) is 0 Å². The van der Waals surface area contributed by atoms with E-state index in [2.05, 4.69) is 41.5 Å². The SMILES string of the molecule is CCCC.CCCCC(C)(C)C. The molecule has 0 saturated heterocycles. The molecule has 0 aromatic carbocycles. The zero-order valence-electron chi connectivity index (χ0n) is 10.0. The molecule has 12 heavy (non-hydrogen) atoms. The van der Waals surface area contributed by atoms with Gasteiger partial charge in [0.2, 0.25) is 0 Å². The minimum atomic E-state index is 0.552. The van der Waals surface area contributed by atoms with Gasteiger partial charge in [0, 0.05) is 0 Å². The standard InChI is InChI=1S/C8H18.C4H10/c1-5-6-7-8(2,3)4;1-3-4-2/h5-7H2,1-4H3;3-4H2,1-2H3. The molecule has 0 saturated carbocycles. The number of rotatable bonds is 3. The second-order valence-electron chi connectivity index (χ2n) is 4.66. The summed E-state index contributed by atoms with van der Waals surface area (Å²) in [5.74, 6) is 0. The second-order valence-corrected chi connectivity index (χ2v) is 4.66. The maximum Gasteiger partial charge on any atom is -0.0383 e. The first-order chi connectivity index (χ1) is 5.47. The topological polar surface area (TPSA) is 0 Å². The Hall–Kier alpha value is 0. The fraction of sp³-hybridized carbons (Fsp3) is 1.00. The summed E-state index contributed by atoms with van der Waals surface area (Å²) in [6.45, 7) is 13.5. The van der Waals surface area contributed by atoms with Crippen LogP contribution in [0.2, 0.25) is 0 Å². The van der Waals surface area contributed by atoms with Crippen molar-refractivity contribution in [2.45, 2.75) is 73.6 Å². The Balaban J connectivity index is 0. The quantitative estimate of drug-likeness (QED) is 0.560. The number of hydrogen-bond donors (Lipinski definition) is 0. The molecule has 0 heterocycles. The van der Waals surface area contributed by atoms with Crippen LogP contribution in [0.5, 0.6) is 0 Å². The van der Waals surface area contributed by atoms with Gasteiger partial charge in [0.05, 0.1) is 0 Å². The highest BCUT2D eigenvalue weighted by Gasteiger charge is 2.07. The van der Waals surface area contributed by atoms with Crippen molar-refractivity contribution in [1.82, 2.24) is 0 Å². The van der Waals surface area contributed by atoms with Crippen LogP contribution in [0.4, 0.5) is 0 Å². The van der Waals surface area contributed by atoms with Gasteiger partial charge in [-0.05, 0) is 11.8 Å². The smallest absolute Gasteiger partial charge is 0.0383 e. The molecular formula is C12H28. The zero-order valence-corrected chi connectivity index (χ0v) is 10.0. The molecule has 0 unspecified atom stereocenters. The lowest BCUT2D eigenvalue weighted by atomic mass is 9.90. The molecule has 0 atom stereocenters. The Morgan fingerprint density at radius 3 is 1.25 bits per heavy atom. The molecule has 0 amide bonds. The van der Waals surface area contributed by atoms with E-state index < -0.39 is 0 Å².